The van der Waals surface area contributed by atoms with Gasteiger partial charge in [0.1, 0.15) is 11.3 Å². The van der Waals surface area contributed by atoms with Crippen LogP contribution in [0.15, 0.2) is 41.8 Å². The number of methoxy groups -OCH3 is 1. The van der Waals surface area contributed by atoms with Gasteiger partial charge in [-0.05, 0) is 42.7 Å². The second-order valence-electron chi connectivity index (χ2n) is 6.17. The molecule has 0 radical (unpaired) electrons. The van der Waals surface area contributed by atoms with Crippen LogP contribution in [0.25, 0.3) is 16.3 Å². The first-order valence-electron chi connectivity index (χ1n) is 9.35. The highest BCUT2D eigenvalue weighted by Gasteiger charge is 2.20. The molecule has 2 heterocycles. The predicted molar refractivity (Wildman–Crippen MR) is 120 cm³/mol. The first kappa shape index (κ1) is 20.5. The van der Waals surface area contributed by atoms with E-state index in [0.29, 0.717) is 11.7 Å². The number of para-hydroxylation sites is 1. The molecule has 0 N–H and O–H groups in total. The maximum absolute atomic E-state index is 13.0. The number of anilines is 1. The van der Waals surface area contributed by atoms with E-state index in [1.807, 2.05) is 41.8 Å². The van der Waals surface area contributed by atoms with E-state index in [4.69, 9.17) is 9.72 Å². The molecule has 28 heavy (non-hydrogen) atoms. The predicted octanol–water partition coefficient (Wildman–Crippen LogP) is 4.75. The Labute approximate surface area is 173 Å². The fraction of sp³-hybridized carbons (Fsp3) is 0.333. The van der Waals surface area contributed by atoms with E-state index in [-0.39, 0.29) is 5.91 Å². The normalized spacial score (nSPS) is 11.6. The zero-order valence-corrected chi connectivity index (χ0v) is 18.1. The number of rotatable bonds is 9. The molecule has 0 bridgehead atoms. The van der Waals surface area contributed by atoms with Crippen molar-refractivity contribution in [2.45, 2.75) is 13.8 Å². The van der Waals surface area contributed by atoms with Gasteiger partial charge in [0, 0.05) is 24.0 Å². The van der Waals surface area contributed by atoms with Crippen LogP contribution < -0.4 is 9.64 Å². The van der Waals surface area contributed by atoms with Crippen molar-refractivity contribution >= 4 is 50.0 Å². The average molecular weight is 416 g/mol. The SMILES string of the molecule is CCN(CC)CCN(C(=O)/C=C/c1cccs1)c1nc2c(OC)cccc2s1. The standard InChI is InChI=1S/C21H25N3O2S2/c1-4-23(5-2)13-14-24(19(25)12-11-16-8-7-15-27-16)21-22-20-17(26-3)9-6-10-18(20)28-21/h6-12,15H,4-5,13-14H2,1-3H3/b12-11+. The topological polar surface area (TPSA) is 45.7 Å². The Hall–Kier alpha value is -2.22. The quantitative estimate of drug-likeness (QED) is 0.473. The van der Waals surface area contributed by atoms with Gasteiger partial charge in [-0.15, -0.1) is 11.3 Å². The molecule has 0 spiro atoms. The number of hydrogen-bond donors (Lipinski definition) is 0. The summed E-state index contributed by atoms with van der Waals surface area (Å²) in [5.41, 5.74) is 0.799. The number of amides is 1. The molecule has 0 aliphatic rings. The van der Waals surface area contributed by atoms with E-state index < -0.39 is 0 Å². The van der Waals surface area contributed by atoms with Gasteiger partial charge in [0.05, 0.1) is 11.8 Å². The van der Waals surface area contributed by atoms with Crippen molar-refractivity contribution in [2.24, 2.45) is 0 Å². The average Bonchev–Trinajstić information content (AvgIpc) is 3.38. The highest BCUT2D eigenvalue weighted by molar-refractivity contribution is 7.22. The van der Waals surface area contributed by atoms with Crippen LogP contribution in [0.3, 0.4) is 0 Å². The van der Waals surface area contributed by atoms with Gasteiger partial charge in [-0.3, -0.25) is 9.69 Å². The maximum Gasteiger partial charge on any atom is 0.252 e. The van der Waals surface area contributed by atoms with Gasteiger partial charge in [-0.25, -0.2) is 4.98 Å². The molecule has 0 fully saturated rings. The number of hydrogen-bond acceptors (Lipinski definition) is 6. The van der Waals surface area contributed by atoms with E-state index in [1.54, 1.807) is 29.4 Å². The molecule has 0 saturated carbocycles. The van der Waals surface area contributed by atoms with E-state index in [9.17, 15) is 4.79 Å². The molecule has 3 aromatic rings. The number of thiazole rings is 1. The molecule has 0 aliphatic carbocycles. The minimum atomic E-state index is -0.0569. The number of carbonyl (C=O) groups excluding carboxylic acids is 1. The molecular weight excluding hydrogens is 390 g/mol. The lowest BCUT2D eigenvalue weighted by Gasteiger charge is -2.23. The summed E-state index contributed by atoms with van der Waals surface area (Å²) < 4.78 is 6.44. The first-order valence-corrected chi connectivity index (χ1v) is 11.0. The number of fused-ring (bicyclic) bond motifs is 1. The van der Waals surface area contributed by atoms with Crippen molar-refractivity contribution in [3.63, 3.8) is 0 Å². The summed E-state index contributed by atoms with van der Waals surface area (Å²) in [6.45, 7) is 7.58. The molecular formula is C21H25N3O2S2. The fourth-order valence-corrected chi connectivity index (χ4v) is 4.54. The Kier molecular flexibility index (Phi) is 7.19. The third kappa shape index (κ3) is 4.79. The van der Waals surface area contributed by atoms with Crippen molar-refractivity contribution in [2.75, 3.05) is 38.2 Å². The first-order chi connectivity index (χ1) is 13.7. The number of carbonyl (C=O) groups is 1. The second kappa shape index (κ2) is 9.82. The van der Waals surface area contributed by atoms with E-state index in [1.165, 1.54) is 11.3 Å². The Balaban J connectivity index is 1.89. The van der Waals surface area contributed by atoms with Gasteiger partial charge in [0.25, 0.3) is 5.91 Å². The minimum Gasteiger partial charge on any atom is -0.494 e. The summed E-state index contributed by atoms with van der Waals surface area (Å²) in [6.07, 6.45) is 3.50. The van der Waals surface area contributed by atoms with Crippen molar-refractivity contribution in [1.29, 1.82) is 0 Å². The lowest BCUT2D eigenvalue weighted by atomic mass is 10.3. The van der Waals surface area contributed by atoms with Crippen LogP contribution in [0.2, 0.25) is 0 Å². The largest absolute Gasteiger partial charge is 0.494 e. The van der Waals surface area contributed by atoms with Gasteiger partial charge in [-0.2, -0.15) is 0 Å². The Morgan fingerprint density at radius 1 is 1.18 bits per heavy atom. The number of benzene rings is 1. The Morgan fingerprint density at radius 2 is 2.00 bits per heavy atom. The van der Waals surface area contributed by atoms with Crippen LogP contribution in [-0.2, 0) is 4.79 Å². The number of ether oxygens (including phenoxy) is 1. The van der Waals surface area contributed by atoms with Crippen molar-refractivity contribution in [1.82, 2.24) is 9.88 Å². The van der Waals surface area contributed by atoms with Crippen molar-refractivity contribution < 1.29 is 9.53 Å². The monoisotopic (exact) mass is 415 g/mol. The van der Waals surface area contributed by atoms with Crippen LogP contribution >= 0.6 is 22.7 Å². The summed E-state index contributed by atoms with van der Waals surface area (Å²) in [5, 5.41) is 2.70. The third-order valence-corrected chi connectivity index (χ3v) is 6.44. The highest BCUT2D eigenvalue weighted by Crippen LogP contribution is 2.34. The van der Waals surface area contributed by atoms with Gasteiger partial charge in [0.15, 0.2) is 5.13 Å². The Bertz CT molecular complexity index is 930. The summed E-state index contributed by atoms with van der Waals surface area (Å²) in [5.74, 6) is 0.670. The Morgan fingerprint density at radius 3 is 2.68 bits per heavy atom. The van der Waals surface area contributed by atoms with Crippen LogP contribution in [-0.4, -0.2) is 49.1 Å². The number of aromatic nitrogens is 1. The summed E-state index contributed by atoms with van der Waals surface area (Å²) >= 11 is 3.13. The van der Waals surface area contributed by atoms with Crippen molar-refractivity contribution in [3.8, 4) is 5.75 Å². The van der Waals surface area contributed by atoms with Gasteiger partial charge in [-0.1, -0.05) is 37.3 Å². The molecule has 5 nitrogen and oxygen atoms in total. The molecule has 0 atom stereocenters. The molecule has 1 amide bonds. The third-order valence-electron chi connectivity index (χ3n) is 4.56. The number of likely N-dealkylation sites (N-methyl/N-ethyl adjacent to an activating group) is 1. The molecule has 0 aliphatic heterocycles. The molecule has 0 unspecified atom stereocenters. The molecule has 1 aromatic carbocycles. The van der Waals surface area contributed by atoms with Crippen LogP contribution in [0, 0.1) is 0 Å². The van der Waals surface area contributed by atoms with Crippen molar-refractivity contribution in [3.05, 3.63) is 46.7 Å². The van der Waals surface area contributed by atoms with E-state index in [2.05, 4.69) is 18.7 Å². The zero-order valence-electron chi connectivity index (χ0n) is 16.4. The van der Waals surface area contributed by atoms with Crippen LogP contribution in [0.4, 0.5) is 5.13 Å². The molecule has 2 aromatic heterocycles. The summed E-state index contributed by atoms with van der Waals surface area (Å²) in [7, 11) is 1.64. The van der Waals surface area contributed by atoms with Gasteiger partial charge >= 0.3 is 0 Å². The lowest BCUT2D eigenvalue weighted by molar-refractivity contribution is -0.114. The minimum absolute atomic E-state index is 0.0569. The van der Waals surface area contributed by atoms with Gasteiger partial charge in [0.2, 0.25) is 0 Å². The summed E-state index contributed by atoms with van der Waals surface area (Å²) in [6, 6.07) is 9.82. The zero-order chi connectivity index (χ0) is 19.9. The second-order valence-corrected chi connectivity index (χ2v) is 8.16. The lowest BCUT2D eigenvalue weighted by Crippen LogP contribution is -2.38. The van der Waals surface area contributed by atoms with Gasteiger partial charge < -0.3 is 9.64 Å². The number of thiophene rings is 1. The van der Waals surface area contributed by atoms with E-state index >= 15 is 0 Å². The maximum atomic E-state index is 13.0. The molecule has 3 rings (SSSR count). The molecule has 7 heteroatoms. The summed E-state index contributed by atoms with van der Waals surface area (Å²) in [4.78, 5) is 22.9. The fourth-order valence-electron chi connectivity index (χ4n) is 2.90. The molecule has 0 saturated heterocycles. The highest BCUT2D eigenvalue weighted by atomic mass is 32.1. The van der Waals surface area contributed by atoms with Crippen LogP contribution in [0.1, 0.15) is 18.7 Å². The molecule has 148 valence electrons. The number of nitrogens with zero attached hydrogens (tertiary/aromatic N) is 3. The smallest absolute Gasteiger partial charge is 0.252 e. The van der Waals surface area contributed by atoms with E-state index in [0.717, 1.165) is 40.5 Å². The van der Waals surface area contributed by atoms with Crippen LogP contribution in [0.5, 0.6) is 5.75 Å².